The van der Waals surface area contributed by atoms with Crippen molar-refractivity contribution in [3.63, 3.8) is 0 Å². The largest absolute Gasteiger partial charge is 0.489 e. The molecule has 0 bridgehead atoms. The van der Waals surface area contributed by atoms with E-state index in [-0.39, 0.29) is 23.6 Å². The number of ether oxygens (including phenoxy) is 4. The van der Waals surface area contributed by atoms with Gasteiger partial charge in [0.2, 0.25) is 5.91 Å². The van der Waals surface area contributed by atoms with Gasteiger partial charge in [-0.2, -0.15) is 0 Å². The van der Waals surface area contributed by atoms with Gasteiger partial charge < -0.3 is 29.6 Å². The maximum atomic E-state index is 13.7. The van der Waals surface area contributed by atoms with Crippen LogP contribution in [0.4, 0.5) is 21.6 Å². The Balaban J connectivity index is 1.37. The number of nitrogens with one attached hydrogen (secondary N) is 2. The van der Waals surface area contributed by atoms with Crippen molar-refractivity contribution in [2.24, 2.45) is 0 Å². The highest BCUT2D eigenvalue weighted by Crippen LogP contribution is 2.34. The van der Waals surface area contributed by atoms with Crippen molar-refractivity contribution in [2.75, 3.05) is 63.9 Å². The predicted octanol–water partition coefficient (Wildman–Crippen LogP) is 4.18. The molecule has 1 aromatic heterocycles. The van der Waals surface area contributed by atoms with E-state index in [1.165, 1.54) is 24.5 Å². The molecular weight excluding hydrogens is 541 g/mol. The van der Waals surface area contributed by atoms with Crippen LogP contribution in [0.3, 0.4) is 0 Å². The third-order valence-electron chi connectivity index (χ3n) is 6.72. The normalized spacial score (nSPS) is 19.5. The van der Waals surface area contributed by atoms with Crippen LogP contribution in [-0.2, 0) is 19.0 Å². The molecule has 2 aliphatic heterocycles. The van der Waals surface area contributed by atoms with Crippen molar-refractivity contribution in [3.8, 4) is 5.75 Å². The second-order valence-corrected chi connectivity index (χ2v) is 9.91. The van der Waals surface area contributed by atoms with Crippen molar-refractivity contribution in [1.29, 1.82) is 0 Å². The molecule has 3 aromatic rings. The predicted molar refractivity (Wildman–Crippen MR) is 150 cm³/mol. The van der Waals surface area contributed by atoms with Crippen LogP contribution in [0.25, 0.3) is 10.9 Å². The zero-order chi connectivity index (χ0) is 27.9. The summed E-state index contributed by atoms with van der Waals surface area (Å²) in [7, 11) is 1.69. The molecular formula is C28H31ClFN5O5. The van der Waals surface area contributed by atoms with Crippen LogP contribution in [-0.4, -0.2) is 86.2 Å². The minimum Gasteiger partial charge on any atom is -0.489 e. The monoisotopic (exact) mass is 571 g/mol. The number of benzene rings is 2. The summed E-state index contributed by atoms with van der Waals surface area (Å²) in [4.78, 5) is 23.9. The van der Waals surface area contributed by atoms with Crippen LogP contribution in [0.2, 0.25) is 5.02 Å². The van der Waals surface area contributed by atoms with Crippen molar-refractivity contribution >= 4 is 45.6 Å². The number of amides is 1. The Morgan fingerprint density at radius 3 is 2.90 bits per heavy atom. The first-order valence-electron chi connectivity index (χ1n) is 13.0. The van der Waals surface area contributed by atoms with E-state index in [4.69, 9.17) is 30.5 Å². The highest BCUT2D eigenvalue weighted by molar-refractivity contribution is 6.31. The summed E-state index contributed by atoms with van der Waals surface area (Å²) in [6, 6.07) is 8.15. The number of nitrogens with zero attached hydrogens (tertiary/aromatic N) is 3. The zero-order valence-corrected chi connectivity index (χ0v) is 22.8. The molecule has 3 heterocycles. The lowest BCUT2D eigenvalue weighted by atomic mass is 10.0. The van der Waals surface area contributed by atoms with E-state index in [1.807, 2.05) is 6.08 Å². The molecule has 10 nitrogen and oxygen atoms in total. The number of aromatic nitrogens is 2. The van der Waals surface area contributed by atoms with Crippen molar-refractivity contribution < 1.29 is 28.1 Å². The van der Waals surface area contributed by atoms with Crippen LogP contribution in [0.5, 0.6) is 5.75 Å². The summed E-state index contributed by atoms with van der Waals surface area (Å²) in [6.45, 7) is 4.03. The molecule has 0 saturated carbocycles. The smallest absolute Gasteiger partial charge is 0.248 e. The SMILES string of the molecule is COCC1CCN1CC=CC(=O)Nc1cc2c(Nc3ccc(F)c(Cl)c3)ncnc2cc1OCC1COCCO1. The number of fused-ring (bicyclic) bond motifs is 1. The number of methoxy groups -OCH3 is 1. The molecule has 2 saturated heterocycles. The molecule has 2 aliphatic rings. The van der Waals surface area contributed by atoms with Gasteiger partial charge in [-0.1, -0.05) is 17.7 Å². The number of halogens is 2. The van der Waals surface area contributed by atoms with E-state index >= 15 is 0 Å². The topological polar surface area (TPSA) is 107 Å². The standard InChI is InChI=1S/C28H31ClFN5O5/c1-37-14-19-6-8-35(19)7-2-3-27(36)34-25-12-21-24(13-26(25)40-16-20-15-38-9-10-39-20)31-17-32-28(21)33-18-4-5-23(30)22(29)11-18/h2-5,11-13,17,19-20H,6-10,14-16H2,1H3,(H,34,36)(H,31,32,33). The van der Waals surface area contributed by atoms with Gasteiger partial charge in [0.25, 0.3) is 0 Å². The van der Waals surface area contributed by atoms with Gasteiger partial charge in [0.15, 0.2) is 0 Å². The molecule has 1 amide bonds. The summed E-state index contributed by atoms with van der Waals surface area (Å²) in [6.07, 6.45) is 5.61. The first-order chi connectivity index (χ1) is 19.5. The number of rotatable bonds is 11. The number of hydrogen-bond acceptors (Lipinski definition) is 9. The summed E-state index contributed by atoms with van der Waals surface area (Å²) < 4.78 is 36.1. The Bertz CT molecular complexity index is 1370. The van der Waals surface area contributed by atoms with Gasteiger partial charge in [0, 0.05) is 49.5 Å². The summed E-state index contributed by atoms with van der Waals surface area (Å²) in [5.41, 5.74) is 1.57. The quantitative estimate of drug-likeness (QED) is 0.328. The number of likely N-dealkylation sites (tertiary alicyclic amines) is 1. The zero-order valence-electron chi connectivity index (χ0n) is 22.1. The molecule has 212 valence electrons. The summed E-state index contributed by atoms with van der Waals surface area (Å²) >= 11 is 5.95. The number of anilines is 3. The first kappa shape index (κ1) is 28.2. The molecule has 0 aliphatic carbocycles. The molecule has 2 unspecified atom stereocenters. The Labute approximate surface area is 236 Å². The lowest BCUT2D eigenvalue weighted by molar-refractivity contribution is -0.112. The Hall–Kier alpha value is -3.35. The molecule has 2 fully saturated rings. The van der Waals surface area contributed by atoms with E-state index in [1.54, 1.807) is 25.3 Å². The number of carbonyl (C=O) groups is 1. The fourth-order valence-electron chi connectivity index (χ4n) is 4.51. The summed E-state index contributed by atoms with van der Waals surface area (Å²) in [5.74, 6) is 0.0641. The van der Waals surface area contributed by atoms with Gasteiger partial charge in [-0.25, -0.2) is 14.4 Å². The van der Waals surface area contributed by atoms with Gasteiger partial charge >= 0.3 is 0 Å². The second-order valence-electron chi connectivity index (χ2n) is 9.50. The molecule has 40 heavy (non-hydrogen) atoms. The van der Waals surface area contributed by atoms with Crippen LogP contribution in [0.1, 0.15) is 6.42 Å². The molecule has 5 rings (SSSR count). The highest BCUT2D eigenvalue weighted by atomic mass is 35.5. The minimum absolute atomic E-state index is 0.0144. The van der Waals surface area contributed by atoms with E-state index < -0.39 is 5.82 Å². The molecule has 2 aromatic carbocycles. The van der Waals surface area contributed by atoms with Gasteiger partial charge in [-0.15, -0.1) is 0 Å². The third-order valence-corrected chi connectivity index (χ3v) is 7.01. The Morgan fingerprint density at radius 1 is 1.25 bits per heavy atom. The van der Waals surface area contributed by atoms with Crippen molar-refractivity contribution in [3.05, 3.63) is 59.7 Å². The third kappa shape index (κ3) is 7.04. The Morgan fingerprint density at radius 2 is 2.15 bits per heavy atom. The lowest BCUT2D eigenvalue weighted by Gasteiger charge is -2.39. The lowest BCUT2D eigenvalue weighted by Crippen LogP contribution is -2.50. The average molecular weight is 572 g/mol. The maximum absolute atomic E-state index is 13.7. The van der Waals surface area contributed by atoms with Crippen LogP contribution in [0.15, 0.2) is 48.8 Å². The highest BCUT2D eigenvalue weighted by Gasteiger charge is 2.26. The molecule has 0 radical (unpaired) electrons. The minimum atomic E-state index is -0.518. The number of carbonyl (C=O) groups excluding carboxylic acids is 1. The molecule has 0 spiro atoms. The Kier molecular flexibility index (Phi) is 9.40. The van der Waals surface area contributed by atoms with Crippen LogP contribution < -0.4 is 15.4 Å². The van der Waals surface area contributed by atoms with E-state index in [9.17, 15) is 9.18 Å². The molecule has 2 atom stereocenters. The van der Waals surface area contributed by atoms with Gasteiger partial charge in [-0.05, 0) is 30.7 Å². The number of hydrogen-bond donors (Lipinski definition) is 2. The first-order valence-corrected chi connectivity index (χ1v) is 13.4. The maximum Gasteiger partial charge on any atom is 0.248 e. The van der Waals surface area contributed by atoms with Gasteiger partial charge in [0.05, 0.1) is 42.7 Å². The average Bonchev–Trinajstić information content (AvgIpc) is 2.95. The fourth-order valence-corrected chi connectivity index (χ4v) is 4.69. The van der Waals surface area contributed by atoms with Gasteiger partial charge in [0.1, 0.15) is 36.4 Å². The van der Waals surface area contributed by atoms with E-state index in [0.717, 1.165) is 13.0 Å². The summed E-state index contributed by atoms with van der Waals surface area (Å²) in [5, 5.41) is 6.68. The molecule has 2 N–H and O–H groups in total. The molecule has 12 heteroatoms. The van der Waals surface area contributed by atoms with Crippen molar-refractivity contribution in [2.45, 2.75) is 18.6 Å². The fraction of sp³-hybridized carbons (Fsp3) is 0.393. The van der Waals surface area contributed by atoms with Crippen LogP contribution in [0, 0.1) is 5.82 Å². The van der Waals surface area contributed by atoms with E-state index in [0.29, 0.717) is 72.9 Å². The van der Waals surface area contributed by atoms with Gasteiger partial charge in [-0.3, -0.25) is 9.69 Å². The van der Waals surface area contributed by atoms with Crippen molar-refractivity contribution in [1.82, 2.24) is 14.9 Å². The second kappa shape index (κ2) is 13.3. The van der Waals surface area contributed by atoms with E-state index in [2.05, 4.69) is 25.5 Å². The van der Waals surface area contributed by atoms with Crippen LogP contribution >= 0.6 is 11.6 Å².